The summed E-state index contributed by atoms with van der Waals surface area (Å²) in [5, 5.41) is 32.4. The van der Waals surface area contributed by atoms with Crippen LogP contribution in [0.2, 0.25) is 0 Å². The summed E-state index contributed by atoms with van der Waals surface area (Å²) in [5.74, 6) is -0.242. The average molecular weight is 426 g/mol. The Hall–Kier alpha value is -2.77. The monoisotopic (exact) mass is 425 g/mol. The van der Waals surface area contributed by atoms with Crippen LogP contribution in [-0.2, 0) is 31.0 Å². The largest absolute Gasteiger partial charge is 0.508 e. The van der Waals surface area contributed by atoms with Crippen molar-refractivity contribution in [3.63, 3.8) is 0 Å². The molecule has 6 heteroatoms. The van der Waals surface area contributed by atoms with E-state index in [1.165, 1.54) is 12.1 Å². The number of benzene rings is 3. The van der Waals surface area contributed by atoms with E-state index in [1.807, 2.05) is 18.2 Å². The normalized spacial score (nSPS) is 12.1. The number of halogens is 1. The SMILES string of the molecule is OCc1cc([C@@H](O)CNCCc2cccc(COCc3ccccc3F)c2)ccc1O. The van der Waals surface area contributed by atoms with Crippen LogP contribution in [0.15, 0.2) is 66.7 Å². The molecule has 0 amide bonds. The smallest absolute Gasteiger partial charge is 0.128 e. The van der Waals surface area contributed by atoms with Gasteiger partial charge in [-0.25, -0.2) is 4.39 Å². The number of nitrogens with one attached hydrogen (secondary N) is 1. The van der Waals surface area contributed by atoms with Gasteiger partial charge in [0.1, 0.15) is 11.6 Å². The molecule has 3 rings (SSSR count). The molecular weight excluding hydrogens is 397 g/mol. The van der Waals surface area contributed by atoms with E-state index in [9.17, 15) is 19.7 Å². The second kappa shape index (κ2) is 11.6. The highest BCUT2D eigenvalue weighted by Crippen LogP contribution is 2.22. The van der Waals surface area contributed by atoms with Crippen molar-refractivity contribution >= 4 is 0 Å². The van der Waals surface area contributed by atoms with Gasteiger partial charge in [0.05, 0.1) is 25.9 Å². The molecule has 0 fully saturated rings. The molecule has 5 nitrogen and oxygen atoms in total. The average Bonchev–Trinajstić information content (AvgIpc) is 2.78. The minimum atomic E-state index is -0.732. The third-order valence-corrected chi connectivity index (χ3v) is 5.06. The second-order valence-corrected chi connectivity index (χ2v) is 7.42. The molecule has 1 atom stereocenters. The van der Waals surface area contributed by atoms with Crippen molar-refractivity contribution in [2.75, 3.05) is 13.1 Å². The Morgan fingerprint density at radius 3 is 2.52 bits per heavy atom. The summed E-state index contributed by atoms with van der Waals surface area (Å²) < 4.78 is 19.3. The van der Waals surface area contributed by atoms with Crippen LogP contribution in [-0.4, -0.2) is 28.4 Å². The molecule has 31 heavy (non-hydrogen) atoms. The lowest BCUT2D eigenvalue weighted by Gasteiger charge is -2.14. The van der Waals surface area contributed by atoms with Crippen molar-refractivity contribution in [1.82, 2.24) is 5.32 Å². The fourth-order valence-electron chi connectivity index (χ4n) is 3.30. The molecular formula is C25H28FNO4. The number of phenols is 1. The van der Waals surface area contributed by atoms with Gasteiger partial charge >= 0.3 is 0 Å². The predicted octanol–water partition coefficient (Wildman–Crippen LogP) is 3.61. The van der Waals surface area contributed by atoms with Gasteiger partial charge in [-0.1, -0.05) is 48.5 Å². The summed E-state index contributed by atoms with van der Waals surface area (Å²) in [6, 6.07) is 19.4. The number of aromatic hydroxyl groups is 1. The highest BCUT2D eigenvalue weighted by atomic mass is 19.1. The Bertz CT molecular complexity index is 979. The van der Waals surface area contributed by atoms with Gasteiger partial charge in [0.15, 0.2) is 0 Å². The standard InChI is InChI=1S/C25H28FNO4/c26-23-7-2-1-6-21(23)17-31-16-19-5-3-4-18(12-19)10-11-27-14-25(30)20-8-9-24(29)22(13-20)15-28/h1-9,12-13,25,27-30H,10-11,14-17H2/t25-/m0/s1. The quantitative estimate of drug-likeness (QED) is 0.353. The first-order chi connectivity index (χ1) is 15.1. The zero-order valence-electron chi connectivity index (χ0n) is 17.3. The lowest BCUT2D eigenvalue weighted by atomic mass is 10.0. The summed E-state index contributed by atoms with van der Waals surface area (Å²) in [7, 11) is 0. The molecule has 0 saturated carbocycles. The van der Waals surface area contributed by atoms with E-state index in [-0.39, 0.29) is 24.8 Å². The molecule has 0 aliphatic carbocycles. The zero-order chi connectivity index (χ0) is 22.1. The second-order valence-electron chi connectivity index (χ2n) is 7.42. The first kappa shape index (κ1) is 22.9. The van der Waals surface area contributed by atoms with E-state index in [1.54, 1.807) is 30.3 Å². The number of ether oxygens (including phenoxy) is 1. The van der Waals surface area contributed by atoms with Gasteiger partial charge in [0, 0.05) is 17.7 Å². The summed E-state index contributed by atoms with van der Waals surface area (Å²) in [6.45, 7) is 1.40. The van der Waals surface area contributed by atoms with Crippen LogP contribution >= 0.6 is 0 Å². The minimum Gasteiger partial charge on any atom is -0.508 e. The molecule has 0 aromatic heterocycles. The molecule has 0 bridgehead atoms. The Labute approximate surface area is 181 Å². The van der Waals surface area contributed by atoms with Crippen molar-refractivity contribution in [2.24, 2.45) is 0 Å². The third-order valence-electron chi connectivity index (χ3n) is 5.06. The number of aliphatic hydroxyl groups excluding tert-OH is 2. The number of hydrogen-bond donors (Lipinski definition) is 4. The highest BCUT2D eigenvalue weighted by Gasteiger charge is 2.10. The molecule has 0 unspecified atom stereocenters. The van der Waals surface area contributed by atoms with E-state index in [4.69, 9.17) is 4.74 Å². The molecule has 3 aromatic carbocycles. The number of aliphatic hydroxyl groups is 2. The van der Waals surface area contributed by atoms with Crippen LogP contribution in [0.1, 0.15) is 33.9 Å². The summed E-state index contributed by atoms with van der Waals surface area (Å²) in [5.41, 5.74) is 3.74. The van der Waals surface area contributed by atoms with Crippen LogP contribution < -0.4 is 5.32 Å². The van der Waals surface area contributed by atoms with Gasteiger partial charge in [0.2, 0.25) is 0 Å². The lowest BCUT2D eigenvalue weighted by molar-refractivity contribution is 0.105. The molecule has 0 spiro atoms. The molecule has 0 saturated heterocycles. The Morgan fingerprint density at radius 2 is 1.71 bits per heavy atom. The van der Waals surface area contributed by atoms with Gasteiger partial charge in [-0.05, 0) is 47.9 Å². The van der Waals surface area contributed by atoms with Gasteiger partial charge in [0.25, 0.3) is 0 Å². The molecule has 0 aliphatic heterocycles. The predicted molar refractivity (Wildman–Crippen MR) is 117 cm³/mol. The number of hydrogen-bond acceptors (Lipinski definition) is 5. The van der Waals surface area contributed by atoms with Gasteiger partial charge in [-0.2, -0.15) is 0 Å². The van der Waals surface area contributed by atoms with Crippen molar-refractivity contribution in [2.45, 2.75) is 32.3 Å². The Kier molecular flexibility index (Phi) is 8.55. The van der Waals surface area contributed by atoms with Gasteiger partial charge in [-0.15, -0.1) is 0 Å². The van der Waals surface area contributed by atoms with Crippen LogP contribution in [0.3, 0.4) is 0 Å². The maximum Gasteiger partial charge on any atom is 0.128 e. The van der Waals surface area contributed by atoms with Gasteiger partial charge < -0.3 is 25.4 Å². The van der Waals surface area contributed by atoms with Crippen LogP contribution in [0, 0.1) is 5.82 Å². The molecule has 164 valence electrons. The maximum atomic E-state index is 13.6. The fourth-order valence-corrected chi connectivity index (χ4v) is 3.30. The molecule has 4 N–H and O–H groups in total. The van der Waals surface area contributed by atoms with Gasteiger partial charge in [-0.3, -0.25) is 0 Å². The molecule has 0 heterocycles. The topological polar surface area (TPSA) is 82.0 Å². The lowest BCUT2D eigenvalue weighted by Crippen LogP contribution is -2.23. The maximum absolute atomic E-state index is 13.6. The summed E-state index contributed by atoms with van der Waals surface area (Å²) in [4.78, 5) is 0. The Morgan fingerprint density at radius 1 is 0.903 bits per heavy atom. The molecule has 0 aliphatic rings. The Balaban J connectivity index is 1.42. The van der Waals surface area contributed by atoms with Crippen molar-refractivity contribution < 1.29 is 24.4 Å². The van der Waals surface area contributed by atoms with E-state index in [0.717, 1.165) is 17.5 Å². The van der Waals surface area contributed by atoms with Crippen LogP contribution in [0.4, 0.5) is 4.39 Å². The summed E-state index contributed by atoms with van der Waals surface area (Å²) in [6.07, 6.45) is 0.0507. The van der Waals surface area contributed by atoms with E-state index >= 15 is 0 Å². The summed E-state index contributed by atoms with van der Waals surface area (Å²) >= 11 is 0. The zero-order valence-corrected chi connectivity index (χ0v) is 17.3. The third kappa shape index (κ3) is 6.87. The van der Waals surface area contributed by atoms with Crippen molar-refractivity contribution in [1.29, 1.82) is 0 Å². The van der Waals surface area contributed by atoms with Crippen molar-refractivity contribution in [3.05, 3.63) is 100 Å². The first-order valence-electron chi connectivity index (χ1n) is 10.3. The van der Waals surface area contributed by atoms with E-state index < -0.39 is 6.10 Å². The van der Waals surface area contributed by atoms with Crippen LogP contribution in [0.25, 0.3) is 0 Å². The van der Waals surface area contributed by atoms with E-state index in [0.29, 0.717) is 36.4 Å². The number of rotatable bonds is 11. The van der Waals surface area contributed by atoms with Crippen molar-refractivity contribution in [3.8, 4) is 5.75 Å². The van der Waals surface area contributed by atoms with Crippen LogP contribution in [0.5, 0.6) is 5.75 Å². The van der Waals surface area contributed by atoms with E-state index in [2.05, 4.69) is 11.4 Å². The highest BCUT2D eigenvalue weighted by molar-refractivity contribution is 5.36. The first-order valence-corrected chi connectivity index (χ1v) is 10.3. The fraction of sp³-hybridized carbons (Fsp3) is 0.280. The molecule has 3 aromatic rings. The minimum absolute atomic E-state index is 0.0178. The molecule has 0 radical (unpaired) electrons.